The van der Waals surface area contributed by atoms with Gasteiger partial charge in [0.2, 0.25) is 0 Å². The van der Waals surface area contributed by atoms with Crippen molar-refractivity contribution in [2.24, 2.45) is 7.05 Å². The van der Waals surface area contributed by atoms with Crippen LogP contribution in [0.5, 0.6) is 0 Å². The lowest BCUT2D eigenvalue weighted by Crippen LogP contribution is -2.40. The van der Waals surface area contributed by atoms with Crippen LogP contribution in [0.4, 0.5) is 0 Å². The van der Waals surface area contributed by atoms with Crippen molar-refractivity contribution in [1.82, 2.24) is 24.4 Å². The van der Waals surface area contributed by atoms with Crippen LogP contribution in [0.25, 0.3) is 22.3 Å². The average Bonchev–Trinajstić information content (AvgIpc) is 3.35. The van der Waals surface area contributed by atoms with E-state index in [1.165, 1.54) is 0 Å². The highest BCUT2D eigenvalue weighted by atomic mass is 16.5. The molecule has 4 aromatic rings. The summed E-state index contributed by atoms with van der Waals surface area (Å²) >= 11 is 0. The van der Waals surface area contributed by atoms with Gasteiger partial charge in [0.05, 0.1) is 48.7 Å². The van der Waals surface area contributed by atoms with Crippen molar-refractivity contribution in [3.8, 4) is 11.3 Å². The monoisotopic (exact) mass is 373 g/mol. The third kappa shape index (κ3) is 3.10. The van der Waals surface area contributed by atoms with Crippen molar-refractivity contribution in [1.29, 1.82) is 0 Å². The van der Waals surface area contributed by atoms with Crippen LogP contribution in [0.15, 0.2) is 60.8 Å². The van der Waals surface area contributed by atoms with Crippen LogP contribution >= 0.6 is 0 Å². The molecule has 0 spiro atoms. The summed E-state index contributed by atoms with van der Waals surface area (Å²) in [6.07, 6.45) is 1.91. The molecule has 6 heteroatoms. The number of ether oxygens (including phenoxy) is 1. The number of imidazole rings is 2. The summed E-state index contributed by atoms with van der Waals surface area (Å²) in [5, 5.41) is 0. The normalized spacial score (nSPS) is 18.0. The first-order valence-electron chi connectivity index (χ1n) is 9.62. The highest BCUT2D eigenvalue weighted by molar-refractivity contribution is 5.75. The Bertz CT molecular complexity index is 1080. The van der Waals surface area contributed by atoms with E-state index in [2.05, 4.69) is 56.8 Å². The Morgan fingerprint density at radius 3 is 2.79 bits per heavy atom. The summed E-state index contributed by atoms with van der Waals surface area (Å²) in [5.41, 5.74) is 4.37. The lowest BCUT2D eigenvalue weighted by molar-refractivity contribution is -0.0170. The zero-order chi connectivity index (χ0) is 18.9. The Labute approximate surface area is 163 Å². The molecule has 28 heavy (non-hydrogen) atoms. The molecular weight excluding hydrogens is 350 g/mol. The number of hydrogen-bond donors (Lipinski definition) is 1. The number of para-hydroxylation sites is 2. The molecule has 1 aliphatic rings. The molecule has 6 nitrogen and oxygen atoms in total. The zero-order valence-electron chi connectivity index (χ0n) is 15.9. The van der Waals surface area contributed by atoms with E-state index < -0.39 is 0 Å². The lowest BCUT2D eigenvalue weighted by atomic mass is 10.2. The first kappa shape index (κ1) is 17.2. The minimum Gasteiger partial charge on any atom is -0.378 e. The largest absolute Gasteiger partial charge is 0.378 e. The van der Waals surface area contributed by atoms with E-state index in [9.17, 15) is 0 Å². The number of H-pyrrole nitrogens is 1. The number of nitrogens with zero attached hydrogens (tertiary/aromatic N) is 4. The van der Waals surface area contributed by atoms with Gasteiger partial charge in [0.15, 0.2) is 0 Å². The smallest absolute Gasteiger partial charge is 0.126 e. The van der Waals surface area contributed by atoms with Gasteiger partial charge in [0.25, 0.3) is 0 Å². The van der Waals surface area contributed by atoms with Crippen molar-refractivity contribution >= 4 is 11.0 Å². The fourth-order valence-electron chi connectivity index (χ4n) is 3.87. The maximum atomic E-state index is 5.78. The molecule has 1 atom stereocenters. The van der Waals surface area contributed by atoms with E-state index in [1.807, 2.05) is 30.5 Å². The molecule has 1 saturated heterocycles. The molecule has 0 saturated carbocycles. The maximum Gasteiger partial charge on any atom is 0.126 e. The summed E-state index contributed by atoms with van der Waals surface area (Å²) < 4.78 is 7.96. The lowest BCUT2D eigenvalue weighted by Gasteiger charge is -2.34. The number of fused-ring (bicyclic) bond motifs is 1. The molecule has 1 N–H and O–H groups in total. The summed E-state index contributed by atoms with van der Waals surface area (Å²) in [6.45, 7) is 2.98. The predicted octanol–water partition coefficient (Wildman–Crippen LogP) is 3.54. The SMILES string of the molecule is Cn1c(CN2CCOCC2c2ncc(-c3ccccc3)[nH]2)nc2ccccc21. The Morgan fingerprint density at radius 1 is 1.11 bits per heavy atom. The van der Waals surface area contributed by atoms with Gasteiger partial charge in [-0.25, -0.2) is 9.97 Å². The van der Waals surface area contributed by atoms with E-state index >= 15 is 0 Å². The topological polar surface area (TPSA) is 59.0 Å². The molecule has 2 aromatic heterocycles. The molecule has 0 amide bonds. The van der Waals surface area contributed by atoms with E-state index in [0.717, 1.165) is 53.6 Å². The second kappa shape index (κ2) is 7.22. The van der Waals surface area contributed by atoms with Crippen LogP contribution in [0.3, 0.4) is 0 Å². The maximum absolute atomic E-state index is 5.78. The third-order valence-electron chi connectivity index (χ3n) is 5.46. The average molecular weight is 373 g/mol. The number of aryl methyl sites for hydroxylation is 1. The minimum absolute atomic E-state index is 0.0889. The number of benzene rings is 2. The highest BCUT2D eigenvalue weighted by Gasteiger charge is 2.28. The number of aromatic amines is 1. The van der Waals surface area contributed by atoms with Crippen molar-refractivity contribution < 1.29 is 4.74 Å². The van der Waals surface area contributed by atoms with Gasteiger partial charge in [0.1, 0.15) is 11.6 Å². The van der Waals surface area contributed by atoms with E-state index in [-0.39, 0.29) is 6.04 Å². The van der Waals surface area contributed by atoms with Crippen LogP contribution in [0.2, 0.25) is 0 Å². The molecule has 1 unspecified atom stereocenters. The minimum atomic E-state index is 0.0889. The van der Waals surface area contributed by atoms with Crippen molar-refractivity contribution in [2.75, 3.05) is 19.8 Å². The van der Waals surface area contributed by atoms with Gasteiger partial charge in [-0.15, -0.1) is 0 Å². The number of morpholine rings is 1. The summed E-state index contributed by atoms with van der Waals surface area (Å²) in [4.78, 5) is 15.4. The number of nitrogens with one attached hydrogen (secondary N) is 1. The Kier molecular flexibility index (Phi) is 4.43. The van der Waals surface area contributed by atoms with E-state index in [0.29, 0.717) is 6.61 Å². The van der Waals surface area contributed by atoms with Gasteiger partial charge in [-0.1, -0.05) is 42.5 Å². The quantitative estimate of drug-likeness (QED) is 0.594. The highest BCUT2D eigenvalue weighted by Crippen LogP contribution is 2.27. The standard InChI is InChI=1S/C22H23N5O/c1-26-19-10-6-5-9-17(19)24-21(26)14-27-11-12-28-15-20(27)22-23-13-18(25-22)16-7-3-2-4-8-16/h2-10,13,20H,11-12,14-15H2,1H3,(H,23,25). The Hall–Kier alpha value is -2.96. The van der Waals surface area contributed by atoms with Crippen molar-refractivity contribution in [3.63, 3.8) is 0 Å². The van der Waals surface area contributed by atoms with Crippen LogP contribution in [-0.4, -0.2) is 44.2 Å². The number of hydrogen-bond acceptors (Lipinski definition) is 4. The van der Waals surface area contributed by atoms with Crippen molar-refractivity contribution in [3.05, 3.63) is 72.4 Å². The van der Waals surface area contributed by atoms with Crippen LogP contribution < -0.4 is 0 Å². The van der Waals surface area contributed by atoms with Crippen molar-refractivity contribution in [2.45, 2.75) is 12.6 Å². The summed E-state index contributed by atoms with van der Waals surface area (Å²) in [7, 11) is 2.08. The first-order chi connectivity index (χ1) is 13.8. The molecule has 5 rings (SSSR count). The third-order valence-corrected chi connectivity index (χ3v) is 5.46. The van der Waals surface area contributed by atoms with Crippen LogP contribution in [0, 0.1) is 0 Å². The second-order valence-corrected chi connectivity index (χ2v) is 7.19. The van der Waals surface area contributed by atoms with Gasteiger partial charge in [-0.05, 0) is 17.7 Å². The van der Waals surface area contributed by atoms with Gasteiger partial charge in [0, 0.05) is 13.6 Å². The predicted molar refractivity (Wildman–Crippen MR) is 109 cm³/mol. The summed E-state index contributed by atoms with van der Waals surface area (Å²) in [6, 6.07) is 18.6. The van der Waals surface area contributed by atoms with E-state index in [4.69, 9.17) is 9.72 Å². The molecule has 0 aliphatic carbocycles. The van der Waals surface area contributed by atoms with Gasteiger partial charge >= 0.3 is 0 Å². The molecule has 1 aliphatic heterocycles. The number of rotatable bonds is 4. The molecule has 3 heterocycles. The first-order valence-corrected chi connectivity index (χ1v) is 9.62. The molecule has 0 bridgehead atoms. The molecule has 1 fully saturated rings. The molecule has 2 aromatic carbocycles. The fourth-order valence-corrected chi connectivity index (χ4v) is 3.87. The van der Waals surface area contributed by atoms with Crippen LogP contribution in [-0.2, 0) is 18.3 Å². The molecular formula is C22H23N5O. The number of aromatic nitrogens is 4. The van der Waals surface area contributed by atoms with Crippen LogP contribution in [0.1, 0.15) is 17.7 Å². The fraction of sp³-hybridized carbons (Fsp3) is 0.273. The Morgan fingerprint density at radius 2 is 1.93 bits per heavy atom. The van der Waals surface area contributed by atoms with Gasteiger partial charge < -0.3 is 14.3 Å². The zero-order valence-corrected chi connectivity index (χ0v) is 15.9. The van der Waals surface area contributed by atoms with E-state index in [1.54, 1.807) is 0 Å². The summed E-state index contributed by atoms with van der Waals surface area (Å²) in [5.74, 6) is 2.00. The Balaban J connectivity index is 1.42. The van der Waals surface area contributed by atoms with Gasteiger partial charge in [-0.2, -0.15) is 0 Å². The molecule has 0 radical (unpaired) electrons. The molecule has 142 valence electrons. The van der Waals surface area contributed by atoms with Gasteiger partial charge in [-0.3, -0.25) is 4.90 Å². The second-order valence-electron chi connectivity index (χ2n) is 7.19.